The van der Waals surface area contributed by atoms with Crippen LogP contribution in [0.4, 0.5) is 0 Å². The summed E-state index contributed by atoms with van der Waals surface area (Å²) in [4.78, 5) is 4.29. The summed E-state index contributed by atoms with van der Waals surface area (Å²) in [5, 5.41) is 9.20. The molecular formula is C15H16N4O2S. The molecular weight excluding hydrogens is 300 g/mol. The number of imidazole rings is 1. The molecule has 1 atom stereocenters. The number of hydrogen-bond acceptors (Lipinski definition) is 6. The SMILES string of the molecule is COc1ccc(-c2nnc([C@H](C)Sc3nccn3C)o2)cc1. The smallest absolute Gasteiger partial charge is 0.247 e. The molecule has 3 aromatic rings. The monoisotopic (exact) mass is 316 g/mol. The number of hydrogen-bond donors (Lipinski definition) is 0. The Bertz CT molecular complexity index is 751. The van der Waals surface area contributed by atoms with Gasteiger partial charge in [0, 0.05) is 25.0 Å². The first-order valence-electron chi connectivity index (χ1n) is 6.79. The molecule has 0 aliphatic rings. The minimum Gasteiger partial charge on any atom is -0.497 e. The second-order valence-electron chi connectivity index (χ2n) is 4.75. The van der Waals surface area contributed by atoms with Crippen molar-refractivity contribution in [2.45, 2.75) is 17.3 Å². The van der Waals surface area contributed by atoms with Crippen LogP contribution in [0.5, 0.6) is 5.75 Å². The molecule has 1 aromatic carbocycles. The molecule has 0 aliphatic heterocycles. The van der Waals surface area contributed by atoms with Crippen LogP contribution in [0.15, 0.2) is 46.2 Å². The van der Waals surface area contributed by atoms with Gasteiger partial charge in [-0.2, -0.15) is 0 Å². The summed E-state index contributed by atoms with van der Waals surface area (Å²) in [6.07, 6.45) is 3.68. The van der Waals surface area contributed by atoms with Gasteiger partial charge in [-0.05, 0) is 31.2 Å². The minimum absolute atomic E-state index is 0.0283. The van der Waals surface area contributed by atoms with E-state index >= 15 is 0 Å². The summed E-state index contributed by atoms with van der Waals surface area (Å²) >= 11 is 1.58. The maximum Gasteiger partial charge on any atom is 0.247 e. The standard InChI is InChI=1S/C15H16N4O2S/c1-10(22-15-16-8-9-19(15)2)13-17-18-14(21-13)11-4-6-12(20-3)7-5-11/h4-10H,1-3H3/t10-/m0/s1. The number of benzene rings is 1. The fraction of sp³-hybridized carbons (Fsp3) is 0.267. The zero-order valence-electron chi connectivity index (χ0n) is 12.6. The maximum absolute atomic E-state index is 5.77. The lowest BCUT2D eigenvalue weighted by Crippen LogP contribution is -1.94. The topological polar surface area (TPSA) is 66.0 Å². The molecule has 0 aliphatic carbocycles. The molecule has 0 unspecified atom stereocenters. The van der Waals surface area contributed by atoms with E-state index in [1.165, 1.54) is 0 Å². The van der Waals surface area contributed by atoms with Crippen molar-refractivity contribution in [3.05, 3.63) is 42.5 Å². The van der Waals surface area contributed by atoms with E-state index in [2.05, 4.69) is 15.2 Å². The van der Waals surface area contributed by atoms with Gasteiger partial charge >= 0.3 is 0 Å². The van der Waals surface area contributed by atoms with Crippen molar-refractivity contribution in [3.63, 3.8) is 0 Å². The zero-order chi connectivity index (χ0) is 15.5. The van der Waals surface area contributed by atoms with Gasteiger partial charge in [-0.1, -0.05) is 11.8 Å². The number of aromatic nitrogens is 4. The van der Waals surface area contributed by atoms with Gasteiger partial charge in [0.2, 0.25) is 11.8 Å². The van der Waals surface area contributed by atoms with Gasteiger partial charge in [0.25, 0.3) is 0 Å². The Morgan fingerprint density at radius 3 is 2.64 bits per heavy atom. The Morgan fingerprint density at radius 1 is 1.23 bits per heavy atom. The quantitative estimate of drug-likeness (QED) is 0.673. The molecule has 0 bridgehead atoms. The number of aryl methyl sites for hydroxylation is 1. The van der Waals surface area contributed by atoms with E-state index in [0.29, 0.717) is 11.8 Å². The molecule has 0 fully saturated rings. The van der Waals surface area contributed by atoms with E-state index in [0.717, 1.165) is 16.5 Å². The van der Waals surface area contributed by atoms with Crippen molar-refractivity contribution < 1.29 is 9.15 Å². The Balaban J connectivity index is 1.76. The van der Waals surface area contributed by atoms with Crippen LogP contribution in [0.2, 0.25) is 0 Å². The van der Waals surface area contributed by atoms with E-state index in [4.69, 9.17) is 9.15 Å². The van der Waals surface area contributed by atoms with Crippen LogP contribution in [0.1, 0.15) is 18.1 Å². The first-order chi connectivity index (χ1) is 10.7. The molecule has 2 heterocycles. The molecule has 0 N–H and O–H groups in total. The highest BCUT2D eigenvalue weighted by Crippen LogP contribution is 2.34. The normalized spacial score (nSPS) is 12.3. The predicted octanol–water partition coefficient (Wildman–Crippen LogP) is 3.33. The molecule has 7 heteroatoms. The fourth-order valence-corrected chi connectivity index (χ4v) is 2.78. The minimum atomic E-state index is 0.0283. The van der Waals surface area contributed by atoms with Crippen molar-refractivity contribution >= 4 is 11.8 Å². The van der Waals surface area contributed by atoms with Gasteiger partial charge < -0.3 is 13.7 Å². The third-order valence-electron chi connectivity index (χ3n) is 3.18. The van der Waals surface area contributed by atoms with Crippen LogP contribution < -0.4 is 4.74 Å². The lowest BCUT2D eigenvalue weighted by atomic mass is 10.2. The van der Waals surface area contributed by atoms with Crippen molar-refractivity contribution in [2.24, 2.45) is 7.05 Å². The van der Waals surface area contributed by atoms with Gasteiger partial charge in [0.05, 0.1) is 12.4 Å². The van der Waals surface area contributed by atoms with Gasteiger partial charge in [-0.25, -0.2) is 4.98 Å². The number of nitrogens with zero attached hydrogens (tertiary/aromatic N) is 4. The van der Waals surface area contributed by atoms with Crippen molar-refractivity contribution in [3.8, 4) is 17.2 Å². The van der Waals surface area contributed by atoms with Crippen LogP contribution in [0, 0.1) is 0 Å². The number of ether oxygens (including phenoxy) is 1. The van der Waals surface area contributed by atoms with Crippen LogP contribution >= 0.6 is 11.8 Å². The molecule has 0 amide bonds. The third kappa shape index (κ3) is 2.99. The van der Waals surface area contributed by atoms with Crippen LogP contribution in [0.25, 0.3) is 11.5 Å². The van der Waals surface area contributed by atoms with E-state index in [1.807, 2.05) is 49.0 Å². The van der Waals surface area contributed by atoms with Crippen molar-refractivity contribution in [1.29, 1.82) is 0 Å². The maximum atomic E-state index is 5.77. The second kappa shape index (κ2) is 6.23. The Morgan fingerprint density at radius 2 is 2.00 bits per heavy atom. The summed E-state index contributed by atoms with van der Waals surface area (Å²) in [5.41, 5.74) is 0.869. The summed E-state index contributed by atoms with van der Waals surface area (Å²) in [6.45, 7) is 2.02. The summed E-state index contributed by atoms with van der Waals surface area (Å²) < 4.78 is 12.9. The lowest BCUT2D eigenvalue weighted by Gasteiger charge is -2.05. The number of thioether (sulfide) groups is 1. The van der Waals surface area contributed by atoms with Crippen LogP contribution in [-0.2, 0) is 7.05 Å². The molecule has 22 heavy (non-hydrogen) atoms. The molecule has 0 spiro atoms. The van der Waals surface area contributed by atoms with Crippen molar-refractivity contribution in [2.75, 3.05) is 7.11 Å². The average molecular weight is 316 g/mol. The summed E-state index contributed by atoms with van der Waals surface area (Å²) in [6, 6.07) is 7.52. The van der Waals surface area contributed by atoms with Crippen LogP contribution in [0.3, 0.4) is 0 Å². The van der Waals surface area contributed by atoms with Gasteiger partial charge in [-0.3, -0.25) is 0 Å². The molecule has 0 radical (unpaired) electrons. The number of methoxy groups -OCH3 is 1. The Hall–Kier alpha value is -2.28. The largest absolute Gasteiger partial charge is 0.497 e. The Labute approximate surface area is 132 Å². The lowest BCUT2D eigenvalue weighted by molar-refractivity contribution is 0.415. The summed E-state index contributed by atoms with van der Waals surface area (Å²) in [7, 11) is 3.59. The zero-order valence-corrected chi connectivity index (χ0v) is 13.4. The van der Waals surface area contributed by atoms with Crippen LogP contribution in [-0.4, -0.2) is 26.9 Å². The number of rotatable bonds is 5. The predicted molar refractivity (Wildman–Crippen MR) is 83.8 cm³/mol. The first kappa shape index (κ1) is 14.6. The van der Waals surface area contributed by atoms with Gasteiger partial charge in [-0.15, -0.1) is 10.2 Å². The fourth-order valence-electron chi connectivity index (χ4n) is 1.92. The van der Waals surface area contributed by atoms with E-state index < -0.39 is 0 Å². The summed E-state index contributed by atoms with van der Waals surface area (Å²) in [5.74, 6) is 1.88. The molecule has 2 aromatic heterocycles. The van der Waals surface area contributed by atoms with E-state index in [9.17, 15) is 0 Å². The van der Waals surface area contributed by atoms with E-state index in [-0.39, 0.29) is 5.25 Å². The first-order valence-corrected chi connectivity index (χ1v) is 7.67. The molecule has 0 saturated carbocycles. The highest BCUT2D eigenvalue weighted by Gasteiger charge is 2.18. The second-order valence-corrected chi connectivity index (χ2v) is 6.06. The Kier molecular flexibility index (Phi) is 4.15. The molecule has 114 valence electrons. The van der Waals surface area contributed by atoms with E-state index in [1.54, 1.807) is 25.1 Å². The average Bonchev–Trinajstić information content (AvgIpc) is 3.17. The molecule has 0 saturated heterocycles. The molecule has 6 nitrogen and oxygen atoms in total. The van der Waals surface area contributed by atoms with Crippen molar-refractivity contribution in [1.82, 2.24) is 19.7 Å². The highest BCUT2D eigenvalue weighted by molar-refractivity contribution is 7.99. The highest BCUT2D eigenvalue weighted by atomic mass is 32.2. The van der Waals surface area contributed by atoms with Gasteiger partial charge in [0.15, 0.2) is 5.16 Å². The third-order valence-corrected chi connectivity index (χ3v) is 4.34. The molecule has 3 rings (SSSR count). The van der Waals surface area contributed by atoms with Gasteiger partial charge in [0.1, 0.15) is 5.75 Å².